The van der Waals surface area contributed by atoms with Crippen molar-refractivity contribution in [2.45, 2.75) is 87.7 Å². The number of unbranched alkanes of at least 4 members (excludes halogenated alkanes) is 2. The van der Waals surface area contributed by atoms with Crippen molar-refractivity contribution >= 4 is 23.6 Å². The van der Waals surface area contributed by atoms with Crippen molar-refractivity contribution in [2.24, 2.45) is 22.9 Å². The van der Waals surface area contributed by atoms with Crippen LogP contribution >= 0.6 is 11.8 Å². The first kappa shape index (κ1) is 47.0. The Bertz CT molecular complexity index is 2290. The van der Waals surface area contributed by atoms with Crippen LogP contribution in [0.4, 0.5) is 4.79 Å². The summed E-state index contributed by atoms with van der Waals surface area (Å²) in [5.74, 6) is 1.35. The molecule has 0 spiro atoms. The Morgan fingerprint density at radius 1 is 0.909 bits per heavy atom. The van der Waals surface area contributed by atoms with Crippen LogP contribution in [0.2, 0.25) is 0 Å². The summed E-state index contributed by atoms with van der Waals surface area (Å²) in [5.41, 5.74) is 4.41. The summed E-state index contributed by atoms with van der Waals surface area (Å²) in [4.78, 5) is 23.8. The molecule has 0 unspecified atom stereocenters. The highest BCUT2D eigenvalue weighted by Gasteiger charge is 2.65. The van der Waals surface area contributed by atoms with Crippen LogP contribution in [0.5, 0.6) is 23.0 Å². The highest BCUT2D eigenvalue weighted by atomic mass is 32.2. The number of ether oxygens (including phenoxy) is 6. The highest BCUT2D eigenvalue weighted by molar-refractivity contribution is 7.99. The van der Waals surface area contributed by atoms with Crippen LogP contribution in [-0.2, 0) is 27.5 Å². The van der Waals surface area contributed by atoms with Crippen LogP contribution in [0.1, 0.15) is 74.5 Å². The van der Waals surface area contributed by atoms with Gasteiger partial charge < -0.3 is 43.5 Å². The molecule has 2 N–H and O–H groups in total. The van der Waals surface area contributed by atoms with Gasteiger partial charge in [-0.25, -0.2) is 4.79 Å². The lowest BCUT2D eigenvalue weighted by molar-refractivity contribution is -0.256. The van der Waals surface area contributed by atoms with E-state index in [9.17, 15) is 15.0 Å². The molecule has 13 heteroatoms. The lowest BCUT2D eigenvalue weighted by Crippen LogP contribution is -2.70. The maximum atomic E-state index is 14.6. The number of oxime groups is 1. The minimum Gasteiger partial charge on any atom is -0.493 e. The van der Waals surface area contributed by atoms with Crippen LogP contribution in [0, 0.1) is 17.8 Å². The van der Waals surface area contributed by atoms with E-state index in [1.807, 2.05) is 78.9 Å². The molecule has 1 amide bonds. The molecule has 12 nitrogen and oxygen atoms in total. The number of carbonyl (C=O) groups is 1. The summed E-state index contributed by atoms with van der Waals surface area (Å²) < 4.78 is 38.4. The van der Waals surface area contributed by atoms with Crippen LogP contribution in [0.25, 0.3) is 0 Å². The van der Waals surface area contributed by atoms with Crippen LogP contribution in [0.15, 0.2) is 131 Å². The fraction of sp³-hybridized carbons (Fsp3) is 0.434. The number of aliphatic hydroxyl groups is 2. The molecule has 6 atom stereocenters. The molecule has 4 aliphatic rings. The SMILES string of the molecule is C=CCO[C@@]12Oc3ccc(OCCSc4ccccc4)cc3[C@H]3[C@H](CCCCO)[C@@H](CCCCO)C=C(C(=NOCc4ccccc4)C[C@@H]1N(Cc1ccc4c(c1)OCO4)C(=O)OCC)[C@H]32. The predicted molar refractivity (Wildman–Crippen MR) is 254 cm³/mol. The number of benzene rings is 4. The third-order valence-corrected chi connectivity index (χ3v) is 13.9. The van der Waals surface area contributed by atoms with Gasteiger partial charge in [-0.15, -0.1) is 18.3 Å². The number of allylic oxidation sites excluding steroid dienone is 1. The number of nitrogens with zero attached hydrogens (tertiary/aromatic N) is 2. The Hall–Kier alpha value is -5.47. The molecule has 1 saturated carbocycles. The molecule has 0 saturated heterocycles. The number of amides is 1. The third kappa shape index (κ3) is 10.7. The summed E-state index contributed by atoms with van der Waals surface area (Å²) in [5, 5.41) is 25.0. The second kappa shape index (κ2) is 22.8. The predicted octanol–water partition coefficient (Wildman–Crippen LogP) is 10.1. The number of fused-ring (bicyclic) bond motifs is 3. The van der Waals surface area contributed by atoms with Gasteiger partial charge in [0.15, 0.2) is 11.5 Å². The monoisotopic (exact) mass is 918 g/mol. The van der Waals surface area contributed by atoms with Gasteiger partial charge in [0.05, 0.1) is 31.5 Å². The molecule has 8 rings (SSSR count). The fourth-order valence-electron chi connectivity index (χ4n) is 10.1. The van der Waals surface area contributed by atoms with Crippen molar-refractivity contribution in [1.29, 1.82) is 0 Å². The largest absolute Gasteiger partial charge is 0.493 e. The zero-order valence-electron chi connectivity index (χ0n) is 37.8. The minimum absolute atomic E-state index is 0.0531. The summed E-state index contributed by atoms with van der Waals surface area (Å²) in [6.07, 6.45) is 8.37. The van der Waals surface area contributed by atoms with E-state index in [-0.39, 0.29) is 70.5 Å². The topological polar surface area (TPSA) is 138 Å². The Kier molecular flexibility index (Phi) is 16.3. The average Bonchev–Trinajstić information content (AvgIpc) is 3.82. The molecule has 4 aromatic carbocycles. The Labute approximate surface area is 392 Å². The van der Waals surface area contributed by atoms with Crippen molar-refractivity contribution < 1.29 is 48.3 Å². The van der Waals surface area contributed by atoms with E-state index in [1.54, 1.807) is 29.7 Å². The van der Waals surface area contributed by atoms with Crippen molar-refractivity contribution in [3.05, 3.63) is 138 Å². The second-order valence-electron chi connectivity index (χ2n) is 17.1. The van der Waals surface area contributed by atoms with Crippen molar-refractivity contribution in [3.63, 3.8) is 0 Å². The summed E-state index contributed by atoms with van der Waals surface area (Å²) >= 11 is 1.75. The molecule has 4 aromatic rings. The number of rotatable bonds is 23. The quantitative estimate of drug-likeness (QED) is 0.0318. The number of thioether (sulfide) groups is 1. The van der Waals surface area contributed by atoms with E-state index >= 15 is 0 Å². The molecule has 2 heterocycles. The van der Waals surface area contributed by atoms with E-state index in [1.165, 1.54) is 4.90 Å². The van der Waals surface area contributed by atoms with Crippen LogP contribution in [0.3, 0.4) is 0 Å². The number of carbonyl (C=O) groups excluding carboxylic acids is 1. The van der Waals surface area contributed by atoms with Gasteiger partial charge in [0.1, 0.15) is 24.1 Å². The lowest BCUT2D eigenvalue weighted by Gasteiger charge is -2.59. The maximum absolute atomic E-state index is 14.6. The van der Waals surface area contributed by atoms with Crippen molar-refractivity contribution in [3.8, 4) is 23.0 Å². The minimum atomic E-state index is -1.46. The Morgan fingerprint density at radius 2 is 1.67 bits per heavy atom. The van der Waals surface area contributed by atoms with E-state index in [4.69, 9.17) is 38.4 Å². The number of hydrogen-bond donors (Lipinski definition) is 2. The van der Waals surface area contributed by atoms with E-state index in [2.05, 4.69) is 30.9 Å². The summed E-state index contributed by atoms with van der Waals surface area (Å²) in [7, 11) is 0. The van der Waals surface area contributed by atoms with E-state index < -0.39 is 23.8 Å². The zero-order valence-corrected chi connectivity index (χ0v) is 38.6. The molecule has 0 radical (unpaired) electrons. The van der Waals surface area contributed by atoms with Gasteiger partial charge in [-0.05, 0) is 104 Å². The van der Waals surface area contributed by atoms with Crippen molar-refractivity contribution in [1.82, 2.24) is 4.90 Å². The molecule has 2 aliphatic heterocycles. The van der Waals surface area contributed by atoms with Gasteiger partial charge in [-0.2, -0.15) is 0 Å². The first-order valence-electron chi connectivity index (χ1n) is 23.3. The lowest BCUT2D eigenvalue weighted by atomic mass is 9.55. The number of aliphatic hydroxyl groups excluding tert-OH is 2. The summed E-state index contributed by atoms with van der Waals surface area (Å²) in [6.45, 7) is 7.36. The van der Waals surface area contributed by atoms with Gasteiger partial charge in [0.2, 0.25) is 12.6 Å². The molecule has 1 fully saturated rings. The van der Waals surface area contributed by atoms with Gasteiger partial charge in [0.25, 0.3) is 0 Å². The van der Waals surface area contributed by atoms with Crippen LogP contribution < -0.4 is 18.9 Å². The standard InChI is InChI=1S/C53H62N2O10S/c1-3-27-63-53-49(55(52(58)59-4-2)34-38-21-23-47-48(30-38)62-36-61-47)33-45(54-64-35-37-15-7-5-8-16-37)43-31-39(17-11-13-25-56)42(20-12-14-26-57)50(51(43)53)44-32-40(22-24-46(44)65-53)60-28-29-66-41-18-9-6-10-19-41/h3,5-10,15-16,18-19,21-24,30-32,39,42,49-51,56-57H,1,4,11-14,17,20,25-29,33-36H2,2H3/t39-,42+,49-,50+,51+,53+/m0/s1. The second-order valence-corrected chi connectivity index (χ2v) is 18.2. The molecule has 0 bridgehead atoms. The molecule has 66 heavy (non-hydrogen) atoms. The Balaban J connectivity index is 1.28. The molecular formula is C53H62N2O10S. The normalized spacial score (nSPS) is 22.9. The first-order chi connectivity index (χ1) is 32.5. The molecule has 2 aliphatic carbocycles. The molecular weight excluding hydrogens is 857 g/mol. The zero-order chi connectivity index (χ0) is 45.7. The first-order valence-corrected chi connectivity index (χ1v) is 24.3. The smallest absolute Gasteiger partial charge is 0.410 e. The van der Waals surface area contributed by atoms with Gasteiger partial charge in [0, 0.05) is 48.3 Å². The number of hydrogen-bond acceptors (Lipinski definition) is 12. The van der Waals surface area contributed by atoms with E-state index in [0.29, 0.717) is 42.4 Å². The van der Waals surface area contributed by atoms with Crippen molar-refractivity contribution in [2.75, 3.05) is 45.6 Å². The third-order valence-electron chi connectivity index (χ3n) is 12.9. The highest BCUT2D eigenvalue weighted by Crippen LogP contribution is 2.62. The fourth-order valence-corrected chi connectivity index (χ4v) is 10.8. The van der Waals surface area contributed by atoms with Gasteiger partial charge in [-0.3, -0.25) is 4.90 Å². The molecule has 0 aromatic heterocycles. The van der Waals surface area contributed by atoms with Gasteiger partial charge in [-0.1, -0.05) is 84.7 Å². The summed E-state index contributed by atoms with van der Waals surface area (Å²) in [6, 6.07) is 31.2. The average molecular weight is 919 g/mol. The van der Waals surface area contributed by atoms with E-state index in [0.717, 1.165) is 59.4 Å². The van der Waals surface area contributed by atoms with Gasteiger partial charge >= 0.3 is 6.09 Å². The molecule has 350 valence electrons. The van der Waals surface area contributed by atoms with Crippen LogP contribution in [-0.4, -0.2) is 84.3 Å². The Morgan fingerprint density at radius 3 is 2.44 bits per heavy atom. The maximum Gasteiger partial charge on any atom is 0.410 e.